The third kappa shape index (κ3) is 2.58. The van der Waals surface area contributed by atoms with E-state index in [-0.39, 0.29) is 0 Å². The molecule has 6 rings (SSSR count). The van der Waals surface area contributed by atoms with Crippen molar-refractivity contribution >= 4 is 32.3 Å². The maximum absolute atomic E-state index is 4.35. The molecule has 0 radical (unpaired) electrons. The Bertz CT molecular complexity index is 1410. The lowest BCUT2D eigenvalue weighted by Crippen LogP contribution is -1.89. The summed E-state index contributed by atoms with van der Waals surface area (Å²) in [5, 5.41) is 7.55. The molecule has 2 aromatic heterocycles. The van der Waals surface area contributed by atoms with Crippen LogP contribution in [0.3, 0.4) is 0 Å². The predicted molar refractivity (Wildman–Crippen MR) is 125 cm³/mol. The van der Waals surface area contributed by atoms with E-state index in [1.54, 1.807) is 0 Å². The van der Waals surface area contributed by atoms with Gasteiger partial charge in [-0.05, 0) is 67.7 Å². The minimum atomic E-state index is 1.13. The number of fused-ring (bicyclic) bond motifs is 5. The molecule has 0 aliphatic rings. The fraction of sp³-hybridized carbons (Fsp3) is 0. The lowest BCUT2D eigenvalue weighted by atomic mass is 9.88. The molecule has 0 N–H and O–H groups in total. The van der Waals surface area contributed by atoms with Gasteiger partial charge >= 0.3 is 0 Å². The molecule has 0 bridgehead atoms. The molecule has 0 fully saturated rings. The predicted octanol–water partition coefficient (Wildman–Crippen LogP) is 7.27. The van der Waals surface area contributed by atoms with E-state index < -0.39 is 0 Å². The Hall–Kier alpha value is -4.04. The maximum atomic E-state index is 4.35. The molecule has 0 atom stereocenters. The Morgan fingerprint density at radius 3 is 1.37 bits per heavy atom. The van der Waals surface area contributed by atoms with Gasteiger partial charge in [-0.3, -0.25) is 9.97 Å². The van der Waals surface area contributed by atoms with Gasteiger partial charge in [-0.15, -0.1) is 0 Å². The van der Waals surface area contributed by atoms with E-state index in [2.05, 4.69) is 82.8 Å². The molecule has 2 heteroatoms. The van der Waals surface area contributed by atoms with Crippen molar-refractivity contribution in [3.8, 4) is 22.3 Å². The first-order valence-electron chi connectivity index (χ1n) is 10.1. The second-order valence-electron chi connectivity index (χ2n) is 7.52. The Morgan fingerprint density at radius 2 is 0.933 bits per heavy atom. The minimum Gasteiger partial charge on any atom is -0.264 e. The zero-order valence-corrected chi connectivity index (χ0v) is 16.3. The van der Waals surface area contributed by atoms with E-state index in [0.717, 1.165) is 11.1 Å². The first kappa shape index (κ1) is 16.9. The molecule has 4 aromatic carbocycles. The van der Waals surface area contributed by atoms with Gasteiger partial charge in [0.05, 0.1) is 0 Å². The van der Waals surface area contributed by atoms with Crippen LogP contribution in [-0.4, -0.2) is 9.97 Å². The topological polar surface area (TPSA) is 25.8 Å². The smallest absolute Gasteiger partial charge is 0.0346 e. The van der Waals surface area contributed by atoms with E-state index in [4.69, 9.17) is 0 Å². The summed E-state index contributed by atoms with van der Waals surface area (Å²) in [5.41, 5.74) is 4.68. The quantitative estimate of drug-likeness (QED) is 0.294. The summed E-state index contributed by atoms with van der Waals surface area (Å²) in [5.74, 6) is 0. The molecule has 0 saturated carbocycles. The van der Waals surface area contributed by atoms with Crippen LogP contribution >= 0.6 is 0 Å². The second kappa shape index (κ2) is 6.78. The number of rotatable bonds is 2. The van der Waals surface area contributed by atoms with E-state index in [9.17, 15) is 0 Å². The molecule has 0 saturated heterocycles. The van der Waals surface area contributed by atoms with Crippen LogP contribution in [0, 0.1) is 0 Å². The molecular weight excluding hydrogens is 364 g/mol. The Morgan fingerprint density at radius 1 is 0.467 bits per heavy atom. The highest BCUT2D eigenvalue weighted by atomic mass is 14.6. The number of pyridine rings is 2. The van der Waals surface area contributed by atoms with E-state index >= 15 is 0 Å². The van der Waals surface area contributed by atoms with E-state index in [1.807, 2.05) is 36.9 Å². The summed E-state index contributed by atoms with van der Waals surface area (Å²) < 4.78 is 0. The molecule has 0 aliphatic heterocycles. The molecule has 0 amide bonds. The molecular formula is C28H18N2. The van der Waals surface area contributed by atoms with Crippen molar-refractivity contribution in [2.75, 3.05) is 0 Å². The van der Waals surface area contributed by atoms with Gasteiger partial charge in [-0.1, -0.05) is 60.7 Å². The molecule has 140 valence electrons. The van der Waals surface area contributed by atoms with Crippen molar-refractivity contribution in [1.29, 1.82) is 0 Å². The lowest BCUT2D eigenvalue weighted by Gasteiger charge is -2.15. The van der Waals surface area contributed by atoms with Gasteiger partial charge in [0.2, 0.25) is 0 Å². The van der Waals surface area contributed by atoms with Crippen LogP contribution < -0.4 is 0 Å². The van der Waals surface area contributed by atoms with Gasteiger partial charge in [-0.25, -0.2) is 0 Å². The first-order chi connectivity index (χ1) is 14.9. The van der Waals surface area contributed by atoms with Crippen molar-refractivity contribution in [1.82, 2.24) is 9.97 Å². The number of hydrogen-bond acceptors (Lipinski definition) is 2. The van der Waals surface area contributed by atoms with Gasteiger partial charge in [-0.2, -0.15) is 0 Å². The van der Waals surface area contributed by atoms with Crippen LogP contribution in [0.4, 0.5) is 0 Å². The summed E-state index contributed by atoms with van der Waals surface area (Å²) in [4.78, 5) is 8.71. The number of nitrogens with zero attached hydrogens (tertiary/aromatic N) is 2. The van der Waals surface area contributed by atoms with Gasteiger partial charge in [0.1, 0.15) is 0 Å². The highest BCUT2D eigenvalue weighted by Gasteiger charge is 2.14. The van der Waals surface area contributed by atoms with Crippen molar-refractivity contribution in [3.63, 3.8) is 0 Å². The van der Waals surface area contributed by atoms with E-state index in [1.165, 1.54) is 43.4 Å². The average molecular weight is 382 g/mol. The molecule has 0 aliphatic carbocycles. The fourth-order valence-corrected chi connectivity index (χ4v) is 4.50. The van der Waals surface area contributed by atoms with Crippen LogP contribution in [0.2, 0.25) is 0 Å². The van der Waals surface area contributed by atoms with Crippen molar-refractivity contribution < 1.29 is 0 Å². The zero-order chi connectivity index (χ0) is 19.9. The third-order valence-electron chi connectivity index (χ3n) is 5.81. The zero-order valence-electron chi connectivity index (χ0n) is 16.3. The molecule has 30 heavy (non-hydrogen) atoms. The fourth-order valence-electron chi connectivity index (χ4n) is 4.50. The highest BCUT2D eigenvalue weighted by Crippen LogP contribution is 2.41. The van der Waals surface area contributed by atoms with Crippen LogP contribution in [0.25, 0.3) is 54.6 Å². The number of aromatic nitrogens is 2. The molecule has 2 nitrogen and oxygen atoms in total. The largest absolute Gasteiger partial charge is 0.264 e. The summed E-state index contributed by atoms with van der Waals surface area (Å²) in [6.45, 7) is 0. The molecule has 0 unspecified atom stereocenters. The standard InChI is InChI=1S/C28H18N2/c1-3-11-24-22(9-1)26(19-7-5-13-29-17-19)15-21-16-27(20-8-6-14-30-18-20)23-10-2-4-12-25(23)28(21)24/h1-18H. The summed E-state index contributed by atoms with van der Waals surface area (Å²) >= 11 is 0. The summed E-state index contributed by atoms with van der Waals surface area (Å²) in [6.07, 6.45) is 7.52. The number of benzene rings is 4. The van der Waals surface area contributed by atoms with Crippen molar-refractivity contribution in [2.24, 2.45) is 0 Å². The SMILES string of the molecule is c1cncc(-c2cc3cc(-c4cccnc4)c4ccccc4c3c3ccccc23)c1. The Labute approximate surface area is 174 Å². The third-order valence-corrected chi connectivity index (χ3v) is 5.81. The summed E-state index contributed by atoms with van der Waals surface area (Å²) in [6, 6.07) is 30.2. The monoisotopic (exact) mass is 382 g/mol. The van der Waals surface area contributed by atoms with Crippen LogP contribution in [0.15, 0.2) is 110 Å². The Balaban J connectivity index is 1.82. The van der Waals surface area contributed by atoms with Gasteiger partial charge in [0.15, 0.2) is 0 Å². The van der Waals surface area contributed by atoms with Crippen molar-refractivity contribution in [2.45, 2.75) is 0 Å². The Kier molecular flexibility index (Phi) is 3.82. The highest BCUT2D eigenvalue weighted by molar-refractivity contribution is 6.25. The van der Waals surface area contributed by atoms with Crippen molar-refractivity contribution in [3.05, 3.63) is 110 Å². The lowest BCUT2D eigenvalue weighted by molar-refractivity contribution is 1.33. The van der Waals surface area contributed by atoms with Crippen LogP contribution in [0.1, 0.15) is 0 Å². The van der Waals surface area contributed by atoms with Gasteiger partial charge in [0, 0.05) is 35.9 Å². The second-order valence-corrected chi connectivity index (χ2v) is 7.52. The molecule has 6 aromatic rings. The minimum absolute atomic E-state index is 1.13. The first-order valence-corrected chi connectivity index (χ1v) is 10.1. The van der Waals surface area contributed by atoms with Crippen LogP contribution in [0.5, 0.6) is 0 Å². The van der Waals surface area contributed by atoms with Gasteiger partial charge in [0.25, 0.3) is 0 Å². The molecule has 0 spiro atoms. The normalized spacial score (nSPS) is 11.3. The van der Waals surface area contributed by atoms with Gasteiger partial charge < -0.3 is 0 Å². The number of hydrogen-bond donors (Lipinski definition) is 0. The average Bonchev–Trinajstić information content (AvgIpc) is 2.84. The summed E-state index contributed by atoms with van der Waals surface area (Å²) in [7, 11) is 0. The molecule has 2 heterocycles. The maximum Gasteiger partial charge on any atom is 0.0346 e. The van der Waals surface area contributed by atoms with Crippen LogP contribution in [-0.2, 0) is 0 Å². The van der Waals surface area contributed by atoms with E-state index in [0.29, 0.717) is 0 Å².